The Morgan fingerprint density at radius 3 is 1.81 bits per heavy atom. The van der Waals surface area contributed by atoms with Crippen molar-refractivity contribution in [3.05, 3.63) is 126 Å². The molecule has 0 atom stereocenters. The van der Waals surface area contributed by atoms with Crippen LogP contribution in [0, 0.1) is 0 Å². The first-order valence-corrected chi connectivity index (χ1v) is 10.5. The zero-order valence-electron chi connectivity index (χ0n) is 17.2. The predicted molar refractivity (Wildman–Crippen MR) is 126 cm³/mol. The summed E-state index contributed by atoms with van der Waals surface area (Å²) in [6.45, 7) is 2.27. The molecule has 3 nitrogen and oxygen atoms in total. The van der Waals surface area contributed by atoms with E-state index in [4.69, 9.17) is 9.97 Å². The first-order valence-electron chi connectivity index (χ1n) is 10.5. The molecule has 0 saturated carbocycles. The van der Waals surface area contributed by atoms with Gasteiger partial charge in [0.1, 0.15) is 11.5 Å². The average Bonchev–Trinajstić information content (AvgIpc) is 3.24. The van der Waals surface area contributed by atoms with Gasteiger partial charge in [0.05, 0.1) is 22.0 Å². The lowest BCUT2D eigenvalue weighted by atomic mass is 9.75. The van der Waals surface area contributed by atoms with E-state index in [0.29, 0.717) is 0 Å². The second-order valence-electron chi connectivity index (χ2n) is 8.07. The van der Waals surface area contributed by atoms with Gasteiger partial charge in [0.2, 0.25) is 0 Å². The minimum Gasteiger partial charge on any atom is -0.279 e. The van der Waals surface area contributed by atoms with Crippen LogP contribution in [0.1, 0.15) is 23.9 Å². The summed E-state index contributed by atoms with van der Waals surface area (Å²) in [7, 11) is 0. The molecular weight excluding hydrogens is 378 g/mol. The summed E-state index contributed by atoms with van der Waals surface area (Å²) < 4.78 is 2.25. The fourth-order valence-electron chi connectivity index (χ4n) is 4.65. The molecule has 0 spiro atoms. The zero-order chi connectivity index (χ0) is 20.8. The van der Waals surface area contributed by atoms with E-state index in [1.54, 1.807) is 0 Å². The van der Waals surface area contributed by atoms with Crippen LogP contribution in [-0.2, 0) is 5.41 Å². The van der Waals surface area contributed by atoms with E-state index in [1.807, 2.05) is 12.1 Å². The number of rotatable bonds is 3. The van der Waals surface area contributed by atoms with Crippen molar-refractivity contribution >= 4 is 27.6 Å². The lowest BCUT2D eigenvalue weighted by Crippen LogP contribution is -2.29. The van der Waals surface area contributed by atoms with Gasteiger partial charge in [-0.25, -0.2) is 9.97 Å². The summed E-state index contributed by atoms with van der Waals surface area (Å²) in [6.07, 6.45) is 0. The van der Waals surface area contributed by atoms with Crippen molar-refractivity contribution in [1.29, 1.82) is 0 Å². The molecule has 0 unspecified atom stereocenters. The second kappa shape index (κ2) is 6.78. The van der Waals surface area contributed by atoms with Gasteiger partial charge in [0, 0.05) is 5.39 Å². The summed E-state index contributed by atoms with van der Waals surface area (Å²) in [4.78, 5) is 10.3. The van der Waals surface area contributed by atoms with Crippen molar-refractivity contribution in [3.63, 3.8) is 0 Å². The Balaban J connectivity index is 1.84. The standard InChI is InChI=1S/C28H21N3/c1-28(20-12-4-2-5-13-20,21-14-6-3-7-15-21)27-30-23-17-9-8-16-22(23)26-29-24-18-10-11-19-25(24)31(26)27/h2-19H,1H3. The summed E-state index contributed by atoms with van der Waals surface area (Å²) in [5.74, 6) is 0.965. The summed E-state index contributed by atoms with van der Waals surface area (Å²) >= 11 is 0. The lowest BCUT2D eigenvalue weighted by molar-refractivity contribution is 0.631. The number of imidazole rings is 1. The van der Waals surface area contributed by atoms with E-state index >= 15 is 0 Å². The van der Waals surface area contributed by atoms with Crippen molar-refractivity contribution in [2.75, 3.05) is 0 Å². The number of nitrogens with zero attached hydrogens (tertiary/aromatic N) is 3. The highest BCUT2D eigenvalue weighted by Gasteiger charge is 2.36. The molecule has 0 fully saturated rings. The highest BCUT2D eigenvalue weighted by molar-refractivity contribution is 5.96. The predicted octanol–water partition coefficient (Wildman–Crippen LogP) is 6.39. The normalized spacial score (nSPS) is 12.0. The molecular formula is C28H21N3. The molecule has 0 radical (unpaired) electrons. The number of hydrogen-bond acceptors (Lipinski definition) is 2. The van der Waals surface area contributed by atoms with Crippen LogP contribution in [0.3, 0.4) is 0 Å². The van der Waals surface area contributed by atoms with Gasteiger partial charge in [-0.3, -0.25) is 4.40 Å². The van der Waals surface area contributed by atoms with Crippen molar-refractivity contribution < 1.29 is 0 Å². The van der Waals surface area contributed by atoms with Gasteiger partial charge in [-0.1, -0.05) is 84.9 Å². The molecule has 6 aromatic rings. The van der Waals surface area contributed by atoms with Gasteiger partial charge in [0.25, 0.3) is 0 Å². The molecule has 148 valence electrons. The number of fused-ring (bicyclic) bond motifs is 5. The molecule has 6 rings (SSSR count). The average molecular weight is 399 g/mol. The van der Waals surface area contributed by atoms with E-state index in [9.17, 15) is 0 Å². The zero-order valence-corrected chi connectivity index (χ0v) is 17.2. The SMILES string of the molecule is CC(c1ccccc1)(c1ccccc1)c1nc2ccccc2c2nc3ccccc3n12. The van der Waals surface area contributed by atoms with Gasteiger partial charge < -0.3 is 0 Å². The van der Waals surface area contributed by atoms with E-state index in [2.05, 4.69) is 108 Å². The van der Waals surface area contributed by atoms with Crippen molar-refractivity contribution in [2.24, 2.45) is 0 Å². The first-order chi connectivity index (χ1) is 15.3. The molecule has 0 aliphatic carbocycles. The second-order valence-corrected chi connectivity index (χ2v) is 8.07. The van der Waals surface area contributed by atoms with Crippen LogP contribution in [0.5, 0.6) is 0 Å². The maximum atomic E-state index is 5.27. The molecule has 0 N–H and O–H groups in total. The number of hydrogen-bond donors (Lipinski definition) is 0. The van der Waals surface area contributed by atoms with Crippen molar-refractivity contribution in [2.45, 2.75) is 12.3 Å². The number of aromatic nitrogens is 3. The molecule has 3 heteroatoms. The Morgan fingerprint density at radius 1 is 0.581 bits per heavy atom. The van der Waals surface area contributed by atoms with Gasteiger partial charge in [0.15, 0.2) is 0 Å². The fourth-order valence-corrected chi connectivity index (χ4v) is 4.65. The molecule has 31 heavy (non-hydrogen) atoms. The molecule has 0 amide bonds. The third-order valence-corrected chi connectivity index (χ3v) is 6.29. The smallest absolute Gasteiger partial charge is 0.148 e. The quantitative estimate of drug-likeness (QED) is 0.345. The Bertz CT molecular complexity index is 1490. The third kappa shape index (κ3) is 2.60. The Morgan fingerprint density at radius 2 is 1.13 bits per heavy atom. The summed E-state index contributed by atoms with van der Waals surface area (Å²) in [5, 5.41) is 1.06. The molecule has 0 bridgehead atoms. The van der Waals surface area contributed by atoms with Crippen molar-refractivity contribution in [3.8, 4) is 0 Å². The van der Waals surface area contributed by atoms with Gasteiger partial charge >= 0.3 is 0 Å². The van der Waals surface area contributed by atoms with Crippen LogP contribution >= 0.6 is 0 Å². The molecule has 0 aliphatic heterocycles. The van der Waals surface area contributed by atoms with E-state index in [1.165, 1.54) is 11.1 Å². The summed E-state index contributed by atoms with van der Waals surface area (Å²) in [6, 6.07) is 37.9. The molecule has 2 aromatic heterocycles. The maximum Gasteiger partial charge on any atom is 0.148 e. The molecule has 0 aliphatic rings. The number of benzene rings is 4. The van der Waals surface area contributed by atoms with Gasteiger partial charge in [-0.2, -0.15) is 0 Å². The van der Waals surface area contributed by atoms with Crippen molar-refractivity contribution in [1.82, 2.24) is 14.4 Å². The van der Waals surface area contributed by atoms with Crippen LogP contribution < -0.4 is 0 Å². The minimum absolute atomic E-state index is 0.464. The van der Waals surface area contributed by atoms with Crippen LogP contribution in [0.25, 0.3) is 27.6 Å². The van der Waals surface area contributed by atoms with E-state index < -0.39 is 5.41 Å². The Labute approximate surface area is 180 Å². The van der Waals surface area contributed by atoms with Gasteiger partial charge in [-0.15, -0.1) is 0 Å². The Kier molecular flexibility index (Phi) is 3.90. The Hall–Kier alpha value is -3.98. The third-order valence-electron chi connectivity index (χ3n) is 6.29. The topological polar surface area (TPSA) is 30.2 Å². The molecule has 4 aromatic carbocycles. The fraction of sp³-hybridized carbons (Fsp3) is 0.0714. The van der Waals surface area contributed by atoms with Crippen LogP contribution in [0.15, 0.2) is 109 Å². The highest BCUT2D eigenvalue weighted by Crippen LogP contribution is 2.40. The molecule has 2 heterocycles. The lowest BCUT2D eigenvalue weighted by Gasteiger charge is -2.31. The molecule has 0 saturated heterocycles. The monoisotopic (exact) mass is 399 g/mol. The number of para-hydroxylation sites is 3. The first kappa shape index (κ1) is 17.8. The van der Waals surface area contributed by atoms with Crippen LogP contribution in [0.2, 0.25) is 0 Å². The van der Waals surface area contributed by atoms with E-state index in [-0.39, 0.29) is 0 Å². The van der Waals surface area contributed by atoms with Crippen LogP contribution in [0.4, 0.5) is 0 Å². The van der Waals surface area contributed by atoms with E-state index in [0.717, 1.165) is 33.4 Å². The largest absolute Gasteiger partial charge is 0.279 e. The van der Waals surface area contributed by atoms with Crippen LogP contribution in [-0.4, -0.2) is 14.4 Å². The summed E-state index contributed by atoms with van der Waals surface area (Å²) in [5.41, 5.74) is 5.88. The minimum atomic E-state index is -0.464. The maximum absolute atomic E-state index is 5.27. The highest BCUT2D eigenvalue weighted by atomic mass is 15.1. The van der Waals surface area contributed by atoms with Gasteiger partial charge in [-0.05, 0) is 42.3 Å².